The van der Waals surface area contributed by atoms with Gasteiger partial charge in [0, 0.05) is 6.54 Å². The van der Waals surface area contributed by atoms with Crippen LogP contribution in [0, 0.1) is 0 Å². The number of amides is 1. The van der Waals surface area contributed by atoms with Gasteiger partial charge in [0.15, 0.2) is 18.1 Å². The van der Waals surface area contributed by atoms with E-state index in [1.807, 2.05) is 0 Å². The van der Waals surface area contributed by atoms with Crippen molar-refractivity contribution in [3.8, 4) is 11.5 Å². The van der Waals surface area contributed by atoms with Gasteiger partial charge in [-0.1, -0.05) is 12.1 Å². The molecular weight excluding hydrogens is 254 g/mol. The molecule has 3 N–H and O–H groups in total. The van der Waals surface area contributed by atoms with Crippen molar-refractivity contribution in [3.63, 3.8) is 0 Å². The Bertz CT molecular complexity index is 434. The smallest absolute Gasteiger partial charge is 0.329 e. The lowest BCUT2D eigenvalue weighted by atomic mass is 10.3. The number of nitrogens with one attached hydrogen (secondary N) is 1. The average Bonchev–Trinajstić information content (AvgIpc) is 2.37. The molecule has 104 valence electrons. The Morgan fingerprint density at radius 2 is 1.95 bits per heavy atom. The van der Waals surface area contributed by atoms with Gasteiger partial charge < -0.3 is 25.0 Å². The minimum Gasteiger partial charge on any atom is -0.504 e. The van der Waals surface area contributed by atoms with Gasteiger partial charge in [-0.3, -0.25) is 4.79 Å². The molecule has 0 spiro atoms. The first-order chi connectivity index (χ1) is 9.09. The summed E-state index contributed by atoms with van der Waals surface area (Å²) in [5.41, 5.74) is 0. The van der Waals surface area contributed by atoms with Crippen LogP contribution in [0.3, 0.4) is 0 Å². The van der Waals surface area contributed by atoms with Crippen LogP contribution in [0.25, 0.3) is 0 Å². The maximum atomic E-state index is 11.3. The second kappa shape index (κ2) is 7.93. The molecule has 1 aromatic carbocycles. The number of aromatic hydroxyl groups is 1. The molecule has 1 rings (SSSR count). The number of aliphatic carboxylic acids is 1. The summed E-state index contributed by atoms with van der Waals surface area (Å²) in [7, 11) is 0. The van der Waals surface area contributed by atoms with Gasteiger partial charge in [-0.15, -0.1) is 0 Å². The Kier molecular flexibility index (Phi) is 6.17. The highest BCUT2D eigenvalue weighted by Crippen LogP contribution is 2.23. The van der Waals surface area contributed by atoms with Crippen molar-refractivity contribution in [1.82, 2.24) is 5.32 Å². The maximum Gasteiger partial charge on any atom is 0.329 e. The van der Waals surface area contributed by atoms with Crippen LogP contribution in [0.4, 0.5) is 0 Å². The second-order valence-corrected chi connectivity index (χ2v) is 3.55. The number of hydrogen-bond donors (Lipinski definition) is 3. The molecule has 0 bridgehead atoms. The largest absolute Gasteiger partial charge is 0.504 e. The second-order valence-electron chi connectivity index (χ2n) is 3.55. The molecule has 0 saturated heterocycles. The number of hydrogen-bond acceptors (Lipinski definition) is 5. The Hall–Kier alpha value is -2.28. The zero-order valence-corrected chi connectivity index (χ0v) is 10.2. The number of para-hydroxylation sites is 2. The Morgan fingerprint density at radius 3 is 2.63 bits per heavy atom. The summed E-state index contributed by atoms with van der Waals surface area (Å²) >= 11 is 0. The fourth-order valence-electron chi connectivity index (χ4n) is 1.20. The zero-order chi connectivity index (χ0) is 14.1. The number of carboxylic acids is 1. The normalized spacial score (nSPS) is 9.89. The molecule has 1 aromatic rings. The van der Waals surface area contributed by atoms with E-state index >= 15 is 0 Å². The van der Waals surface area contributed by atoms with E-state index in [0.717, 1.165) is 0 Å². The molecule has 0 heterocycles. The van der Waals surface area contributed by atoms with Crippen LogP contribution < -0.4 is 10.1 Å². The quantitative estimate of drug-likeness (QED) is 0.573. The summed E-state index contributed by atoms with van der Waals surface area (Å²) in [6.45, 7) is -0.342. The van der Waals surface area contributed by atoms with E-state index < -0.39 is 12.6 Å². The third-order valence-electron chi connectivity index (χ3n) is 2.02. The van der Waals surface area contributed by atoms with Crippen LogP contribution in [0.15, 0.2) is 24.3 Å². The molecule has 0 unspecified atom stereocenters. The van der Waals surface area contributed by atoms with E-state index in [4.69, 9.17) is 14.6 Å². The van der Waals surface area contributed by atoms with E-state index in [1.54, 1.807) is 18.2 Å². The van der Waals surface area contributed by atoms with Gasteiger partial charge in [0.1, 0.15) is 6.61 Å². The Labute approximate surface area is 109 Å². The van der Waals surface area contributed by atoms with Crippen molar-refractivity contribution >= 4 is 11.9 Å². The minimum absolute atomic E-state index is 0.0416. The molecule has 0 radical (unpaired) electrons. The van der Waals surface area contributed by atoms with E-state index in [9.17, 15) is 14.7 Å². The summed E-state index contributed by atoms with van der Waals surface area (Å²) in [4.78, 5) is 21.5. The Balaban J connectivity index is 2.15. The highest BCUT2D eigenvalue weighted by atomic mass is 16.5. The fourth-order valence-corrected chi connectivity index (χ4v) is 1.20. The number of carboxylic acid groups (broad SMARTS) is 1. The highest BCUT2D eigenvalue weighted by molar-refractivity contribution is 5.77. The molecule has 7 heteroatoms. The molecular formula is C12H15NO6. The first-order valence-corrected chi connectivity index (χ1v) is 5.56. The number of phenolic OH excluding ortho intramolecular Hbond substituents is 1. The van der Waals surface area contributed by atoms with Crippen LogP contribution in [0.1, 0.15) is 0 Å². The topological polar surface area (TPSA) is 105 Å². The first-order valence-electron chi connectivity index (χ1n) is 5.56. The first kappa shape index (κ1) is 14.8. The van der Waals surface area contributed by atoms with Crippen molar-refractivity contribution in [2.24, 2.45) is 0 Å². The van der Waals surface area contributed by atoms with Gasteiger partial charge in [-0.05, 0) is 12.1 Å². The van der Waals surface area contributed by atoms with Crippen LogP contribution >= 0.6 is 0 Å². The van der Waals surface area contributed by atoms with Gasteiger partial charge in [-0.2, -0.15) is 0 Å². The van der Waals surface area contributed by atoms with Crippen molar-refractivity contribution in [1.29, 1.82) is 0 Å². The monoisotopic (exact) mass is 269 g/mol. The lowest BCUT2D eigenvalue weighted by molar-refractivity contribution is -0.142. The standard InChI is InChI=1S/C12H15NO6/c14-9-3-1-2-4-10(9)19-7-11(15)13-5-6-18-8-12(16)17/h1-4,14H,5-8H2,(H,13,15)(H,16,17). The van der Waals surface area contributed by atoms with Crippen LogP contribution in [0.2, 0.25) is 0 Å². The SMILES string of the molecule is O=C(O)COCCNC(=O)COc1ccccc1O. The molecule has 0 aliphatic rings. The molecule has 1 amide bonds. The summed E-state index contributed by atoms with van der Waals surface area (Å²) in [6, 6.07) is 6.31. The van der Waals surface area contributed by atoms with Crippen molar-refractivity contribution < 1.29 is 29.3 Å². The van der Waals surface area contributed by atoms with Gasteiger partial charge >= 0.3 is 5.97 Å². The highest BCUT2D eigenvalue weighted by Gasteiger charge is 2.05. The van der Waals surface area contributed by atoms with Gasteiger partial charge in [0.25, 0.3) is 5.91 Å². The molecule has 7 nitrogen and oxygen atoms in total. The number of phenols is 1. The van der Waals surface area contributed by atoms with E-state index in [2.05, 4.69) is 5.32 Å². The van der Waals surface area contributed by atoms with E-state index in [0.29, 0.717) is 0 Å². The van der Waals surface area contributed by atoms with Gasteiger partial charge in [-0.25, -0.2) is 4.79 Å². The Morgan fingerprint density at radius 1 is 1.21 bits per heavy atom. The predicted molar refractivity (Wildman–Crippen MR) is 65.1 cm³/mol. The molecule has 0 aliphatic carbocycles. The lowest BCUT2D eigenvalue weighted by Gasteiger charge is -2.08. The molecule has 0 atom stereocenters. The lowest BCUT2D eigenvalue weighted by Crippen LogP contribution is -2.32. The van der Waals surface area contributed by atoms with Crippen LogP contribution in [-0.2, 0) is 14.3 Å². The zero-order valence-electron chi connectivity index (χ0n) is 10.2. The minimum atomic E-state index is -1.06. The average molecular weight is 269 g/mol. The molecule has 0 fully saturated rings. The third kappa shape index (κ3) is 6.27. The summed E-state index contributed by atoms with van der Waals surface area (Å²) in [5, 5.41) is 20.2. The number of carbonyl (C=O) groups is 2. The summed E-state index contributed by atoms with van der Waals surface area (Å²) in [6.07, 6.45) is 0. The summed E-state index contributed by atoms with van der Waals surface area (Å²) < 4.78 is 9.83. The molecule has 0 aromatic heterocycles. The van der Waals surface area contributed by atoms with Crippen LogP contribution in [-0.4, -0.2) is 48.5 Å². The molecule has 0 aliphatic heterocycles. The molecule has 19 heavy (non-hydrogen) atoms. The number of ether oxygens (including phenoxy) is 2. The van der Waals surface area contributed by atoms with Gasteiger partial charge in [0.05, 0.1) is 6.61 Å². The third-order valence-corrected chi connectivity index (χ3v) is 2.02. The van der Waals surface area contributed by atoms with Gasteiger partial charge in [0.2, 0.25) is 0 Å². The predicted octanol–water partition coefficient (Wildman–Crippen LogP) is -0.0116. The van der Waals surface area contributed by atoms with Crippen molar-refractivity contribution in [3.05, 3.63) is 24.3 Å². The van der Waals surface area contributed by atoms with Crippen molar-refractivity contribution in [2.75, 3.05) is 26.4 Å². The summed E-state index contributed by atoms with van der Waals surface area (Å²) in [5.74, 6) is -1.27. The van der Waals surface area contributed by atoms with E-state index in [1.165, 1.54) is 6.07 Å². The van der Waals surface area contributed by atoms with E-state index in [-0.39, 0.29) is 37.2 Å². The maximum absolute atomic E-state index is 11.3. The fraction of sp³-hybridized carbons (Fsp3) is 0.333. The molecule has 0 saturated carbocycles. The van der Waals surface area contributed by atoms with Crippen LogP contribution in [0.5, 0.6) is 11.5 Å². The number of carbonyl (C=O) groups excluding carboxylic acids is 1. The number of rotatable bonds is 8. The van der Waals surface area contributed by atoms with Crippen molar-refractivity contribution in [2.45, 2.75) is 0 Å². The number of benzene rings is 1.